The van der Waals surface area contributed by atoms with E-state index < -0.39 is 0 Å². The van der Waals surface area contributed by atoms with Crippen LogP contribution in [0.1, 0.15) is 66.7 Å². The summed E-state index contributed by atoms with van der Waals surface area (Å²) in [6, 6.07) is 0. The Hall–Kier alpha value is -1.44. The van der Waals surface area contributed by atoms with E-state index in [-0.39, 0.29) is 11.0 Å². The third kappa shape index (κ3) is 5.30. The first-order valence-electron chi connectivity index (χ1n) is 10.5. The smallest absolute Gasteiger partial charge is 0.148 e. The second-order valence-corrected chi connectivity index (χ2v) is 9.81. The molecule has 0 aromatic rings. The number of allylic oxidation sites excluding steroid dienone is 5. The minimum Gasteiger partial charge on any atom is -0.383 e. The SMILES string of the molecule is C=CC(C)(C)C(=C)NC1(C)CC([B]C(=C)CC/C=C2\CC(=C)C(C)C2C)C1. The standard InChI is InChI=1S/C25H39BN/c1-10-24(7,8)21(6)27-25(9)15-23(16-25)26-18(3)12-11-13-22-14-17(2)19(4)20(22)5/h10,13,19-20,23,27H,1-3,6,11-12,14-16H2,4-5,7-9H3/b22-13+. The Morgan fingerprint density at radius 2 is 1.89 bits per heavy atom. The summed E-state index contributed by atoms with van der Waals surface area (Å²) in [6.45, 7) is 27.9. The zero-order valence-electron chi connectivity index (χ0n) is 18.3. The van der Waals surface area contributed by atoms with Gasteiger partial charge in [0, 0.05) is 16.7 Å². The molecule has 1 radical (unpaired) electrons. The fourth-order valence-corrected chi connectivity index (χ4v) is 4.34. The summed E-state index contributed by atoms with van der Waals surface area (Å²) in [5, 5.41) is 3.65. The lowest BCUT2D eigenvalue weighted by atomic mass is 9.46. The van der Waals surface area contributed by atoms with E-state index in [1.54, 1.807) is 5.57 Å². The van der Waals surface area contributed by atoms with Crippen molar-refractivity contribution in [1.82, 2.24) is 5.32 Å². The predicted molar refractivity (Wildman–Crippen MR) is 122 cm³/mol. The Morgan fingerprint density at radius 3 is 2.41 bits per heavy atom. The lowest BCUT2D eigenvalue weighted by molar-refractivity contribution is 0.215. The number of rotatable bonds is 9. The molecule has 0 aromatic carbocycles. The minimum absolute atomic E-state index is 0.0743. The molecule has 2 saturated carbocycles. The van der Waals surface area contributed by atoms with Gasteiger partial charge >= 0.3 is 0 Å². The first-order valence-corrected chi connectivity index (χ1v) is 10.5. The topological polar surface area (TPSA) is 12.0 Å². The van der Waals surface area contributed by atoms with E-state index in [9.17, 15) is 0 Å². The number of nitrogens with one attached hydrogen (secondary N) is 1. The van der Waals surface area contributed by atoms with Crippen LogP contribution in [0.2, 0.25) is 5.82 Å². The van der Waals surface area contributed by atoms with Crippen molar-refractivity contribution in [3.8, 4) is 0 Å². The van der Waals surface area contributed by atoms with Crippen LogP contribution in [0.25, 0.3) is 0 Å². The van der Waals surface area contributed by atoms with Gasteiger partial charge in [0.2, 0.25) is 0 Å². The molecule has 2 unspecified atom stereocenters. The monoisotopic (exact) mass is 364 g/mol. The molecule has 0 aromatic heterocycles. The van der Waals surface area contributed by atoms with Crippen LogP contribution >= 0.6 is 0 Å². The van der Waals surface area contributed by atoms with Crippen LogP contribution in [0.3, 0.4) is 0 Å². The zero-order valence-corrected chi connectivity index (χ0v) is 18.3. The molecule has 1 N–H and O–H groups in total. The zero-order chi connectivity index (χ0) is 20.4. The van der Waals surface area contributed by atoms with Gasteiger partial charge in [-0.05, 0) is 50.9 Å². The first-order chi connectivity index (χ1) is 12.5. The highest BCUT2D eigenvalue weighted by atomic mass is 15.0. The van der Waals surface area contributed by atoms with Crippen LogP contribution in [-0.4, -0.2) is 12.8 Å². The van der Waals surface area contributed by atoms with E-state index in [0.717, 1.165) is 37.8 Å². The molecule has 2 aliphatic carbocycles. The normalized spacial score (nSPS) is 32.1. The average molecular weight is 364 g/mol. The fraction of sp³-hybridized carbons (Fsp3) is 0.600. The van der Waals surface area contributed by atoms with Gasteiger partial charge in [-0.15, -0.1) is 18.6 Å². The molecule has 1 nitrogen and oxygen atoms in total. The average Bonchev–Trinajstić information content (AvgIpc) is 2.80. The number of hydrogen-bond acceptors (Lipinski definition) is 1. The molecule has 0 amide bonds. The summed E-state index contributed by atoms with van der Waals surface area (Å²) in [6.07, 6.45) is 9.95. The Labute approximate surface area is 169 Å². The van der Waals surface area contributed by atoms with Gasteiger partial charge in [-0.1, -0.05) is 70.0 Å². The van der Waals surface area contributed by atoms with Crippen LogP contribution in [0.4, 0.5) is 0 Å². The summed E-state index contributed by atoms with van der Waals surface area (Å²) in [5.41, 5.74) is 5.38. The summed E-state index contributed by atoms with van der Waals surface area (Å²) in [5.74, 6) is 1.92. The van der Waals surface area contributed by atoms with Gasteiger partial charge in [-0.2, -0.15) is 0 Å². The fourth-order valence-electron chi connectivity index (χ4n) is 4.34. The van der Waals surface area contributed by atoms with Crippen LogP contribution in [0, 0.1) is 17.3 Å². The molecule has 0 bridgehead atoms. The second kappa shape index (κ2) is 8.29. The van der Waals surface area contributed by atoms with Crippen molar-refractivity contribution in [1.29, 1.82) is 0 Å². The van der Waals surface area contributed by atoms with E-state index in [4.69, 9.17) is 0 Å². The molecule has 2 fully saturated rings. The molecule has 27 heavy (non-hydrogen) atoms. The molecule has 147 valence electrons. The van der Waals surface area contributed by atoms with Crippen LogP contribution < -0.4 is 5.32 Å². The Morgan fingerprint density at radius 1 is 1.26 bits per heavy atom. The van der Waals surface area contributed by atoms with E-state index in [2.05, 4.69) is 79.6 Å². The Balaban J connectivity index is 1.72. The largest absolute Gasteiger partial charge is 0.383 e. The molecular formula is C25H39BN. The highest BCUT2D eigenvalue weighted by Crippen LogP contribution is 2.44. The lowest BCUT2D eigenvalue weighted by Gasteiger charge is -2.48. The second-order valence-electron chi connectivity index (χ2n) is 9.81. The molecule has 2 atom stereocenters. The molecule has 2 aliphatic rings. The van der Waals surface area contributed by atoms with Gasteiger partial charge in [0.25, 0.3) is 0 Å². The summed E-state index contributed by atoms with van der Waals surface area (Å²) in [4.78, 5) is 0. The summed E-state index contributed by atoms with van der Waals surface area (Å²) < 4.78 is 0. The van der Waals surface area contributed by atoms with Crippen molar-refractivity contribution in [3.05, 3.63) is 60.8 Å². The lowest BCUT2D eigenvalue weighted by Crippen LogP contribution is -2.53. The minimum atomic E-state index is -0.0743. The molecule has 0 aliphatic heterocycles. The quantitative estimate of drug-likeness (QED) is 0.350. The molecule has 0 heterocycles. The molecule has 0 saturated heterocycles. The van der Waals surface area contributed by atoms with Crippen molar-refractivity contribution in [2.45, 2.75) is 78.1 Å². The predicted octanol–water partition coefficient (Wildman–Crippen LogP) is 6.80. The van der Waals surface area contributed by atoms with Gasteiger partial charge in [-0.25, -0.2) is 0 Å². The maximum Gasteiger partial charge on any atom is 0.148 e. The highest BCUT2D eigenvalue weighted by Gasteiger charge is 2.41. The summed E-state index contributed by atoms with van der Waals surface area (Å²) in [7, 11) is 2.39. The molecule has 2 rings (SSSR count). The molecular weight excluding hydrogens is 325 g/mol. The van der Waals surface area contributed by atoms with Crippen molar-refractivity contribution in [3.63, 3.8) is 0 Å². The van der Waals surface area contributed by atoms with Gasteiger partial charge in [0.1, 0.15) is 7.28 Å². The third-order valence-corrected chi connectivity index (χ3v) is 6.92. The van der Waals surface area contributed by atoms with Gasteiger partial charge in [-0.3, -0.25) is 0 Å². The molecule has 0 spiro atoms. The van der Waals surface area contributed by atoms with E-state index >= 15 is 0 Å². The third-order valence-electron chi connectivity index (χ3n) is 6.92. The van der Waals surface area contributed by atoms with Gasteiger partial charge in [0.15, 0.2) is 0 Å². The van der Waals surface area contributed by atoms with E-state index in [1.807, 2.05) is 6.08 Å². The van der Waals surface area contributed by atoms with Gasteiger partial charge in [0.05, 0.1) is 0 Å². The van der Waals surface area contributed by atoms with Crippen LogP contribution in [0.15, 0.2) is 60.8 Å². The first kappa shape index (κ1) is 21.9. The van der Waals surface area contributed by atoms with Crippen molar-refractivity contribution < 1.29 is 0 Å². The van der Waals surface area contributed by atoms with Crippen molar-refractivity contribution >= 4 is 7.28 Å². The highest BCUT2D eigenvalue weighted by molar-refractivity contribution is 6.47. The van der Waals surface area contributed by atoms with Crippen molar-refractivity contribution in [2.24, 2.45) is 17.3 Å². The Bertz CT molecular complexity index is 645. The molecule has 2 heteroatoms. The summed E-state index contributed by atoms with van der Waals surface area (Å²) >= 11 is 0. The van der Waals surface area contributed by atoms with Crippen LogP contribution in [-0.2, 0) is 0 Å². The number of hydrogen-bond donors (Lipinski definition) is 1. The van der Waals surface area contributed by atoms with Crippen molar-refractivity contribution in [2.75, 3.05) is 0 Å². The van der Waals surface area contributed by atoms with Gasteiger partial charge < -0.3 is 5.32 Å². The Kier molecular flexibility index (Phi) is 6.71. The van der Waals surface area contributed by atoms with Crippen LogP contribution in [0.5, 0.6) is 0 Å². The maximum absolute atomic E-state index is 4.30. The van der Waals surface area contributed by atoms with E-state index in [1.165, 1.54) is 11.0 Å². The van der Waals surface area contributed by atoms with E-state index in [0.29, 0.717) is 17.7 Å². The maximum atomic E-state index is 4.30.